The molecule has 70 heavy (non-hydrogen) atoms. The van der Waals surface area contributed by atoms with Gasteiger partial charge in [-0.25, -0.2) is 46.2 Å². The fourth-order valence-electron chi connectivity index (χ4n) is 6.32. The van der Waals surface area contributed by atoms with E-state index in [0.717, 1.165) is 63.1 Å². The van der Waals surface area contributed by atoms with Gasteiger partial charge in [-0.2, -0.15) is 0 Å². The minimum Gasteiger partial charge on any atom is -0.489 e. The molecule has 8 rings (SSSR count). The average Bonchev–Trinajstić information content (AvgIpc) is 3.35. The number of nitrogens with one attached hydrogen (secondary N) is 4. The fourth-order valence-corrected chi connectivity index (χ4v) is 7.32. The number of nitrogens with zero attached hydrogens (tertiary/aromatic N) is 4. The van der Waals surface area contributed by atoms with Gasteiger partial charge in [-0.3, -0.25) is 0 Å². The van der Waals surface area contributed by atoms with Crippen molar-refractivity contribution >= 4 is 67.2 Å². The summed E-state index contributed by atoms with van der Waals surface area (Å²) < 4.78 is 61.4. The Morgan fingerprint density at radius 3 is 1.50 bits per heavy atom. The lowest BCUT2D eigenvalue weighted by atomic mass is 9.79. The molecule has 0 saturated heterocycles. The first kappa shape index (κ1) is 52.2. The molecule has 360 valence electrons. The smallest absolute Gasteiger partial charge is 0.489 e. The Hall–Kier alpha value is -7.23. The van der Waals surface area contributed by atoms with E-state index in [4.69, 9.17) is 21.1 Å². The maximum absolute atomic E-state index is 11.4. The van der Waals surface area contributed by atoms with Crippen LogP contribution in [0.3, 0.4) is 0 Å². The summed E-state index contributed by atoms with van der Waals surface area (Å²) in [5.41, 5.74) is 7.34. The minimum absolute atomic E-state index is 0.218. The molecular formula is C50H50BClN8O8S2. The summed E-state index contributed by atoms with van der Waals surface area (Å²) in [6.07, 6.45) is 5.12. The van der Waals surface area contributed by atoms with Crippen LogP contribution >= 0.6 is 11.6 Å². The monoisotopic (exact) mass is 1000 g/mol. The number of para-hydroxylation sites is 2. The van der Waals surface area contributed by atoms with Crippen LogP contribution in [0.4, 0.5) is 23.0 Å². The lowest BCUT2D eigenvalue weighted by Crippen LogP contribution is -2.31. The molecule has 16 nitrogen and oxygen atoms in total. The Kier molecular flexibility index (Phi) is 19.3. The van der Waals surface area contributed by atoms with Gasteiger partial charge in [0.25, 0.3) is 0 Å². The van der Waals surface area contributed by atoms with Crippen molar-refractivity contribution < 1.29 is 36.4 Å². The van der Waals surface area contributed by atoms with Gasteiger partial charge in [0.1, 0.15) is 54.2 Å². The molecule has 8 aromatic rings. The minimum atomic E-state index is -3.26. The summed E-state index contributed by atoms with van der Waals surface area (Å²) in [6, 6.07) is 52.6. The van der Waals surface area contributed by atoms with E-state index in [1.54, 1.807) is 30.3 Å². The molecule has 0 unspecified atom stereocenters. The zero-order chi connectivity index (χ0) is 49.8. The zero-order valence-electron chi connectivity index (χ0n) is 38.1. The van der Waals surface area contributed by atoms with E-state index in [1.807, 2.05) is 140 Å². The number of sulfonamides is 2. The van der Waals surface area contributed by atoms with Gasteiger partial charge in [0.2, 0.25) is 20.0 Å². The Labute approximate surface area is 413 Å². The van der Waals surface area contributed by atoms with Gasteiger partial charge in [-0.15, -0.1) is 0 Å². The van der Waals surface area contributed by atoms with Gasteiger partial charge in [-0.05, 0) is 64.7 Å². The molecule has 0 aliphatic rings. The first-order valence-electron chi connectivity index (χ1n) is 21.4. The lowest BCUT2D eigenvalue weighted by molar-refractivity contribution is 0.306. The summed E-state index contributed by atoms with van der Waals surface area (Å²) in [5.74, 6) is 2.41. The second kappa shape index (κ2) is 25.9. The molecule has 0 saturated carbocycles. The molecule has 2 aromatic heterocycles. The van der Waals surface area contributed by atoms with Crippen LogP contribution in [-0.2, 0) is 46.3 Å². The summed E-state index contributed by atoms with van der Waals surface area (Å²) in [5, 5.41) is 25.0. The lowest BCUT2D eigenvalue weighted by Gasteiger charge is -2.12. The van der Waals surface area contributed by atoms with Crippen LogP contribution in [-0.4, -0.2) is 66.4 Å². The highest BCUT2D eigenvalue weighted by atomic mass is 35.5. The Morgan fingerprint density at radius 2 is 0.971 bits per heavy atom. The molecule has 0 spiro atoms. The second-order valence-corrected chi connectivity index (χ2v) is 19.4. The van der Waals surface area contributed by atoms with Gasteiger partial charge in [0.15, 0.2) is 0 Å². The number of rotatable bonds is 18. The number of benzene rings is 6. The van der Waals surface area contributed by atoms with Gasteiger partial charge >= 0.3 is 7.12 Å². The molecule has 20 heteroatoms. The normalized spacial score (nSPS) is 10.9. The van der Waals surface area contributed by atoms with Crippen LogP contribution in [0.15, 0.2) is 183 Å². The van der Waals surface area contributed by atoms with E-state index in [9.17, 15) is 26.9 Å². The second-order valence-electron chi connectivity index (χ2n) is 15.3. The van der Waals surface area contributed by atoms with Crippen LogP contribution in [0.5, 0.6) is 11.5 Å². The molecule has 2 heterocycles. The van der Waals surface area contributed by atoms with Crippen molar-refractivity contribution in [1.29, 1.82) is 0 Å². The van der Waals surface area contributed by atoms with Crippen LogP contribution in [0.25, 0.3) is 11.3 Å². The van der Waals surface area contributed by atoms with Gasteiger partial charge in [0.05, 0.1) is 18.2 Å². The Morgan fingerprint density at radius 1 is 0.514 bits per heavy atom. The number of halogens is 1. The summed E-state index contributed by atoms with van der Waals surface area (Å²) in [4.78, 5) is 16.6. The summed E-state index contributed by atoms with van der Waals surface area (Å²) in [6.45, 7) is 1.32. The standard InChI is InChI=1S/C25H24N4O3S.C13H13BO3.C12H13ClN4O2S/c1-33(30,31)28-16-20-10-7-11-21(14-20)29-25-15-23(26-18-27-25)22-12-5-6-13-24(22)32-17-19-8-3-2-4-9-19;15-14(16)12-8-4-5-9-13(12)17-10-11-6-2-1-3-7-11;1-20(18,19)16-7-9-3-2-4-10(5-9)17-12-6-11(13)14-8-15-12/h2-15,18,28H,16-17H2,1H3,(H,26,27,29);1-9,15-16H,10H2;2-6,8,16H,7H2,1H3,(H,14,15,17). The molecule has 0 radical (unpaired) electrons. The number of anilines is 4. The fraction of sp³-hybridized carbons (Fsp3) is 0.120. The van der Waals surface area contributed by atoms with E-state index in [0.29, 0.717) is 41.2 Å². The van der Waals surface area contributed by atoms with Gasteiger partial charge < -0.3 is 30.2 Å². The van der Waals surface area contributed by atoms with Crippen molar-refractivity contribution in [3.05, 3.63) is 210 Å². The molecule has 0 aliphatic heterocycles. The van der Waals surface area contributed by atoms with E-state index < -0.39 is 27.2 Å². The number of aromatic nitrogens is 4. The van der Waals surface area contributed by atoms with Crippen LogP contribution in [0, 0.1) is 0 Å². The Balaban J connectivity index is 0.000000186. The number of hydrogen-bond donors (Lipinski definition) is 6. The number of hydrogen-bond acceptors (Lipinski definition) is 14. The third kappa shape index (κ3) is 18.4. The topological polar surface area (TPSA) is 227 Å². The predicted molar refractivity (Wildman–Crippen MR) is 275 cm³/mol. The molecule has 0 fully saturated rings. The van der Waals surface area contributed by atoms with E-state index in [1.165, 1.54) is 12.7 Å². The maximum atomic E-state index is 11.4. The van der Waals surface area contributed by atoms with E-state index in [2.05, 4.69) is 40.0 Å². The highest BCUT2D eigenvalue weighted by molar-refractivity contribution is 7.88. The van der Waals surface area contributed by atoms with Crippen molar-refractivity contribution in [2.24, 2.45) is 0 Å². The molecule has 6 aromatic carbocycles. The molecule has 0 aliphatic carbocycles. The third-order valence-electron chi connectivity index (χ3n) is 9.61. The Bertz CT molecular complexity index is 3150. The first-order valence-corrected chi connectivity index (χ1v) is 25.6. The molecule has 0 bridgehead atoms. The highest BCUT2D eigenvalue weighted by Gasteiger charge is 2.16. The van der Waals surface area contributed by atoms with E-state index >= 15 is 0 Å². The molecule has 0 atom stereocenters. The van der Waals surface area contributed by atoms with Gasteiger partial charge in [0, 0.05) is 47.6 Å². The van der Waals surface area contributed by atoms with E-state index in [-0.39, 0.29) is 13.1 Å². The van der Waals surface area contributed by atoms with Crippen LogP contribution in [0.1, 0.15) is 22.3 Å². The van der Waals surface area contributed by atoms with Crippen molar-refractivity contribution in [3.63, 3.8) is 0 Å². The number of ether oxygens (including phenoxy) is 2. The van der Waals surface area contributed by atoms with Crippen molar-refractivity contribution in [2.45, 2.75) is 26.3 Å². The average molecular weight is 1000 g/mol. The highest BCUT2D eigenvalue weighted by Crippen LogP contribution is 2.30. The van der Waals surface area contributed by atoms with Crippen molar-refractivity contribution in [3.8, 4) is 22.8 Å². The van der Waals surface area contributed by atoms with Crippen molar-refractivity contribution in [2.75, 3.05) is 23.1 Å². The van der Waals surface area contributed by atoms with Crippen LogP contribution in [0.2, 0.25) is 5.15 Å². The molecule has 6 N–H and O–H groups in total. The summed E-state index contributed by atoms with van der Waals surface area (Å²) in [7, 11) is -7.98. The molecular weight excluding hydrogens is 951 g/mol. The predicted octanol–water partition coefficient (Wildman–Crippen LogP) is 7.38. The zero-order valence-corrected chi connectivity index (χ0v) is 40.4. The van der Waals surface area contributed by atoms with Crippen molar-refractivity contribution in [1.82, 2.24) is 29.4 Å². The first-order chi connectivity index (χ1) is 33.7. The van der Waals surface area contributed by atoms with Gasteiger partial charge in [-0.1, -0.05) is 127 Å². The third-order valence-corrected chi connectivity index (χ3v) is 11.2. The maximum Gasteiger partial charge on any atom is 0.492 e. The SMILES string of the molecule is CS(=O)(=O)NCc1cccc(Nc2cc(-c3ccccc3OCc3ccccc3)ncn2)c1.CS(=O)(=O)NCc1cccc(Nc2cc(Cl)ncn2)c1.OB(O)c1ccccc1OCc1ccccc1. The largest absolute Gasteiger partial charge is 0.492 e. The van der Waals surface area contributed by atoms with Crippen LogP contribution < -0.4 is 35.0 Å². The quantitative estimate of drug-likeness (QED) is 0.0364. The summed E-state index contributed by atoms with van der Waals surface area (Å²) >= 11 is 5.77. The molecule has 0 amide bonds.